The molecule has 0 radical (unpaired) electrons. The Balaban J connectivity index is 1.41. The van der Waals surface area contributed by atoms with Crippen molar-refractivity contribution in [2.45, 2.75) is 10.9 Å². The van der Waals surface area contributed by atoms with Crippen LogP contribution in [0.1, 0.15) is 16.1 Å². The van der Waals surface area contributed by atoms with Crippen molar-refractivity contribution in [1.29, 1.82) is 0 Å². The van der Waals surface area contributed by atoms with Gasteiger partial charge in [0.15, 0.2) is 16.0 Å². The van der Waals surface area contributed by atoms with Crippen LogP contribution < -0.4 is 10.1 Å². The molecule has 2 aromatic carbocycles. The summed E-state index contributed by atoms with van der Waals surface area (Å²) in [5.41, 5.74) is 3.04. The molecular weight excluding hydrogens is 456 g/mol. The third-order valence-corrected chi connectivity index (χ3v) is 6.56. The highest BCUT2D eigenvalue weighted by Gasteiger charge is 2.22. The molecule has 0 fully saturated rings. The minimum absolute atomic E-state index is 0.258. The topological polar surface area (TPSA) is 90.1 Å². The van der Waals surface area contributed by atoms with Crippen LogP contribution >= 0.6 is 23.1 Å². The first-order chi connectivity index (χ1) is 16.2. The Kier molecular flexibility index (Phi) is 6.05. The molecule has 5 aromatic rings. The number of aromatic nitrogens is 3. The first kappa shape index (κ1) is 21.2. The molecule has 9 heteroatoms. The third kappa shape index (κ3) is 4.46. The molecule has 33 heavy (non-hydrogen) atoms. The SMILES string of the molecule is COc1ccccc1-c1csc(NC(=O)c2oc3ccccc3c2CSc2ncccn2)n1. The number of thioether (sulfide) groups is 1. The quantitative estimate of drug-likeness (QED) is 0.232. The van der Waals surface area contributed by atoms with Gasteiger partial charge < -0.3 is 9.15 Å². The van der Waals surface area contributed by atoms with Crippen LogP contribution in [-0.2, 0) is 5.75 Å². The molecule has 164 valence electrons. The molecule has 1 N–H and O–H groups in total. The average molecular weight is 475 g/mol. The molecule has 0 aliphatic heterocycles. The van der Waals surface area contributed by atoms with E-state index in [1.54, 1.807) is 25.6 Å². The van der Waals surface area contributed by atoms with Crippen molar-refractivity contribution in [1.82, 2.24) is 15.0 Å². The molecule has 7 nitrogen and oxygen atoms in total. The molecule has 3 heterocycles. The molecule has 0 spiro atoms. The van der Waals surface area contributed by atoms with Crippen LogP contribution in [0, 0.1) is 0 Å². The standard InChI is InChI=1S/C24H18N4O3S2/c1-30-19-9-4-3-8-16(19)18-14-33-24(27-18)28-22(29)21-17(13-32-23-25-11-6-12-26-23)15-7-2-5-10-20(15)31-21/h2-12,14H,13H2,1H3,(H,27,28,29). The summed E-state index contributed by atoms with van der Waals surface area (Å²) >= 11 is 2.79. The summed E-state index contributed by atoms with van der Waals surface area (Å²) in [7, 11) is 1.62. The van der Waals surface area contributed by atoms with Gasteiger partial charge in [0.1, 0.15) is 11.3 Å². The van der Waals surface area contributed by atoms with E-state index in [2.05, 4.69) is 20.3 Å². The minimum atomic E-state index is -0.350. The molecule has 0 bridgehead atoms. The van der Waals surface area contributed by atoms with E-state index in [4.69, 9.17) is 9.15 Å². The van der Waals surface area contributed by atoms with Gasteiger partial charge in [-0.15, -0.1) is 11.3 Å². The Morgan fingerprint density at radius 2 is 1.88 bits per heavy atom. The van der Waals surface area contributed by atoms with Gasteiger partial charge in [0.05, 0.1) is 12.8 Å². The van der Waals surface area contributed by atoms with Crippen molar-refractivity contribution in [2.24, 2.45) is 0 Å². The summed E-state index contributed by atoms with van der Waals surface area (Å²) in [6.45, 7) is 0. The van der Waals surface area contributed by atoms with Gasteiger partial charge in [-0.3, -0.25) is 10.1 Å². The van der Waals surface area contributed by atoms with E-state index in [-0.39, 0.29) is 11.7 Å². The number of methoxy groups -OCH3 is 1. The van der Waals surface area contributed by atoms with Crippen molar-refractivity contribution in [3.05, 3.63) is 83.7 Å². The monoisotopic (exact) mass is 474 g/mol. The highest BCUT2D eigenvalue weighted by molar-refractivity contribution is 7.98. The Morgan fingerprint density at radius 3 is 2.73 bits per heavy atom. The first-order valence-electron chi connectivity index (χ1n) is 10.0. The van der Waals surface area contributed by atoms with E-state index in [0.29, 0.717) is 21.6 Å². The zero-order valence-corrected chi connectivity index (χ0v) is 19.2. The van der Waals surface area contributed by atoms with Crippen LogP contribution in [-0.4, -0.2) is 28.0 Å². The van der Waals surface area contributed by atoms with Gasteiger partial charge in [-0.25, -0.2) is 15.0 Å². The number of anilines is 1. The van der Waals surface area contributed by atoms with Crippen LogP contribution in [0.4, 0.5) is 5.13 Å². The number of nitrogens with one attached hydrogen (secondary N) is 1. The van der Waals surface area contributed by atoms with Crippen LogP contribution in [0.2, 0.25) is 0 Å². The lowest BCUT2D eigenvalue weighted by Gasteiger charge is -2.05. The normalized spacial score (nSPS) is 10.9. The third-order valence-electron chi connectivity index (χ3n) is 4.90. The molecule has 0 aliphatic rings. The zero-order valence-electron chi connectivity index (χ0n) is 17.5. The number of nitrogens with zero attached hydrogens (tertiary/aromatic N) is 3. The smallest absolute Gasteiger partial charge is 0.293 e. The summed E-state index contributed by atoms with van der Waals surface area (Å²) in [6, 6.07) is 17.0. The maximum Gasteiger partial charge on any atom is 0.293 e. The number of ether oxygens (including phenoxy) is 1. The number of thiazole rings is 1. The Labute approximate surface area is 197 Å². The second-order valence-corrected chi connectivity index (χ2v) is 8.72. The lowest BCUT2D eigenvalue weighted by atomic mass is 10.1. The number of amides is 1. The number of benzene rings is 2. The fraction of sp³-hybridized carbons (Fsp3) is 0.0833. The van der Waals surface area contributed by atoms with Gasteiger partial charge >= 0.3 is 0 Å². The number of hydrogen-bond donors (Lipinski definition) is 1. The fourth-order valence-corrected chi connectivity index (χ4v) is 4.92. The van der Waals surface area contributed by atoms with Crippen LogP contribution in [0.5, 0.6) is 5.75 Å². The Morgan fingerprint density at radius 1 is 1.09 bits per heavy atom. The second kappa shape index (κ2) is 9.43. The molecule has 0 unspecified atom stereocenters. The largest absolute Gasteiger partial charge is 0.496 e. The molecule has 0 atom stereocenters. The van der Waals surface area contributed by atoms with Crippen molar-refractivity contribution in [3.63, 3.8) is 0 Å². The number of carbonyl (C=O) groups excluding carboxylic acids is 1. The van der Waals surface area contributed by atoms with Gasteiger partial charge in [0.25, 0.3) is 5.91 Å². The Hall–Kier alpha value is -3.69. The number of hydrogen-bond acceptors (Lipinski definition) is 8. The van der Waals surface area contributed by atoms with E-state index in [1.165, 1.54) is 23.1 Å². The van der Waals surface area contributed by atoms with Crippen molar-refractivity contribution < 1.29 is 13.9 Å². The van der Waals surface area contributed by atoms with Gasteiger partial charge in [-0.05, 0) is 24.3 Å². The summed E-state index contributed by atoms with van der Waals surface area (Å²) in [5, 5.41) is 6.76. The lowest BCUT2D eigenvalue weighted by molar-refractivity contribution is 0.0998. The highest BCUT2D eigenvalue weighted by Crippen LogP contribution is 2.34. The number of carbonyl (C=O) groups is 1. The molecule has 0 saturated heterocycles. The van der Waals surface area contributed by atoms with E-state index < -0.39 is 0 Å². The molecule has 0 saturated carbocycles. The number of fused-ring (bicyclic) bond motifs is 1. The van der Waals surface area contributed by atoms with Gasteiger partial charge in [-0.1, -0.05) is 42.1 Å². The first-order valence-corrected chi connectivity index (χ1v) is 11.9. The van der Waals surface area contributed by atoms with E-state index in [9.17, 15) is 4.79 Å². The van der Waals surface area contributed by atoms with E-state index in [0.717, 1.165) is 28.0 Å². The summed E-state index contributed by atoms with van der Waals surface area (Å²) in [5.74, 6) is 1.12. The van der Waals surface area contributed by atoms with Gasteiger partial charge in [-0.2, -0.15) is 0 Å². The maximum atomic E-state index is 13.2. The number of rotatable bonds is 7. The summed E-state index contributed by atoms with van der Waals surface area (Å²) < 4.78 is 11.4. The summed E-state index contributed by atoms with van der Waals surface area (Å²) in [6.07, 6.45) is 3.39. The van der Waals surface area contributed by atoms with Crippen molar-refractivity contribution >= 4 is 45.1 Å². The molecule has 1 amide bonds. The lowest BCUT2D eigenvalue weighted by Crippen LogP contribution is -2.12. The van der Waals surface area contributed by atoms with Gasteiger partial charge in [0, 0.05) is 40.0 Å². The molecule has 5 rings (SSSR count). The predicted octanol–water partition coefficient (Wildman–Crippen LogP) is 5.90. The molecule has 3 aromatic heterocycles. The fourth-order valence-electron chi connectivity index (χ4n) is 3.39. The highest BCUT2D eigenvalue weighted by atomic mass is 32.2. The van der Waals surface area contributed by atoms with Crippen molar-refractivity contribution in [3.8, 4) is 17.0 Å². The van der Waals surface area contributed by atoms with Crippen molar-refractivity contribution in [2.75, 3.05) is 12.4 Å². The summed E-state index contributed by atoms with van der Waals surface area (Å²) in [4.78, 5) is 26.2. The molecule has 0 aliphatic carbocycles. The molecular formula is C24H18N4O3S2. The number of furan rings is 1. The van der Waals surface area contributed by atoms with Crippen LogP contribution in [0.3, 0.4) is 0 Å². The minimum Gasteiger partial charge on any atom is -0.496 e. The Bertz CT molecular complexity index is 1420. The van der Waals surface area contributed by atoms with E-state index >= 15 is 0 Å². The predicted molar refractivity (Wildman–Crippen MR) is 130 cm³/mol. The van der Waals surface area contributed by atoms with Crippen LogP contribution in [0.15, 0.2) is 81.9 Å². The van der Waals surface area contributed by atoms with Gasteiger partial charge in [0.2, 0.25) is 0 Å². The number of para-hydroxylation sites is 2. The van der Waals surface area contributed by atoms with E-state index in [1.807, 2.05) is 53.9 Å². The second-order valence-electron chi connectivity index (χ2n) is 6.92. The van der Waals surface area contributed by atoms with Crippen LogP contribution in [0.25, 0.3) is 22.2 Å². The maximum absolute atomic E-state index is 13.2. The average Bonchev–Trinajstić information content (AvgIpc) is 3.48. The zero-order chi connectivity index (χ0) is 22.6.